The first kappa shape index (κ1) is 15.3. The number of aromatic nitrogens is 2. The molecule has 120 valence electrons. The Morgan fingerprint density at radius 3 is 2.50 bits per heavy atom. The molecule has 1 aromatic heterocycles. The molecule has 1 heterocycles. The second kappa shape index (κ2) is 6.25. The minimum Gasteiger partial charge on any atom is -0.508 e. The van der Waals surface area contributed by atoms with E-state index in [0.29, 0.717) is 5.69 Å². The lowest BCUT2D eigenvalue weighted by Crippen LogP contribution is -2.15. The van der Waals surface area contributed by atoms with Crippen LogP contribution in [0.1, 0.15) is 10.4 Å². The minimum atomic E-state index is -0.651. The molecule has 0 atom stereocenters. The Bertz CT molecular complexity index is 911. The number of nitrogens with two attached hydrogens (primary N) is 2. The Labute approximate surface area is 138 Å². The van der Waals surface area contributed by atoms with Crippen LogP contribution in [0.5, 0.6) is 5.75 Å². The second-order valence-electron chi connectivity index (χ2n) is 5.11. The number of phenolic OH excluding ortho intramolecular Hbond substituents is 1. The number of phenols is 1. The highest BCUT2D eigenvalue weighted by molar-refractivity contribution is 5.98. The Morgan fingerprint density at radius 2 is 1.79 bits per heavy atom. The zero-order valence-electron chi connectivity index (χ0n) is 12.6. The number of nitrogen functional groups attached to an aromatic ring is 1. The fraction of sp³-hybridized carbons (Fsp3) is 0. The van der Waals surface area contributed by atoms with Crippen molar-refractivity contribution in [2.45, 2.75) is 0 Å². The normalized spacial score (nSPS) is 10.3. The highest BCUT2D eigenvalue weighted by Gasteiger charge is 2.12. The number of amides is 1. The van der Waals surface area contributed by atoms with Crippen molar-refractivity contribution < 1.29 is 9.90 Å². The van der Waals surface area contributed by atoms with E-state index in [4.69, 9.17) is 11.5 Å². The third-order valence-electron chi connectivity index (χ3n) is 3.38. The van der Waals surface area contributed by atoms with E-state index < -0.39 is 5.91 Å². The van der Waals surface area contributed by atoms with Gasteiger partial charge in [0.1, 0.15) is 17.1 Å². The van der Waals surface area contributed by atoms with Crippen molar-refractivity contribution in [1.82, 2.24) is 9.97 Å². The van der Waals surface area contributed by atoms with Gasteiger partial charge in [0, 0.05) is 11.9 Å². The van der Waals surface area contributed by atoms with Gasteiger partial charge in [0.15, 0.2) is 0 Å². The lowest BCUT2D eigenvalue weighted by molar-refractivity contribution is 0.100. The van der Waals surface area contributed by atoms with Crippen LogP contribution < -0.4 is 16.8 Å². The molecule has 0 radical (unpaired) electrons. The molecule has 3 rings (SSSR count). The summed E-state index contributed by atoms with van der Waals surface area (Å²) in [6.07, 6.45) is 1.28. The van der Waals surface area contributed by atoms with Crippen molar-refractivity contribution in [2.24, 2.45) is 5.73 Å². The van der Waals surface area contributed by atoms with E-state index in [2.05, 4.69) is 15.3 Å². The number of hydrogen-bond acceptors (Lipinski definition) is 6. The maximum absolute atomic E-state index is 11.5. The van der Waals surface area contributed by atoms with Gasteiger partial charge < -0.3 is 21.9 Å². The molecule has 0 saturated carbocycles. The number of nitrogens with zero attached hydrogens (tertiary/aromatic N) is 2. The van der Waals surface area contributed by atoms with Gasteiger partial charge in [0.2, 0.25) is 5.95 Å². The van der Waals surface area contributed by atoms with Crippen molar-refractivity contribution >= 4 is 23.4 Å². The van der Waals surface area contributed by atoms with Gasteiger partial charge >= 0.3 is 0 Å². The fourth-order valence-electron chi connectivity index (χ4n) is 2.27. The molecule has 0 aliphatic rings. The van der Waals surface area contributed by atoms with Crippen LogP contribution in [0.2, 0.25) is 0 Å². The largest absolute Gasteiger partial charge is 0.508 e. The van der Waals surface area contributed by atoms with E-state index in [1.807, 2.05) is 30.3 Å². The highest BCUT2D eigenvalue weighted by Crippen LogP contribution is 2.27. The number of carbonyl (C=O) groups excluding carboxylic acids is 1. The van der Waals surface area contributed by atoms with E-state index in [0.717, 1.165) is 11.1 Å². The van der Waals surface area contributed by atoms with E-state index in [1.165, 1.54) is 6.20 Å². The Balaban J connectivity index is 1.96. The molecule has 0 saturated heterocycles. The third kappa shape index (κ3) is 3.25. The molecular weight excluding hydrogens is 306 g/mol. The van der Waals surface area contributed by atoms with Crippen molar-refractivity contribution in [1.29, 1.82) is 0 Å². The van der Waals surface area contributed by atoms with Crippen molar-refractivity contribution in [3.8, 4) is 16.9 Å². The Kier molecular flexibility index (Phi) is 3.98. The summed E-state index contributed by atoms with van der Waals surface area (Å²) in [5, 5.41) is 12.6. The predicted octanol–water partition coefficient (Wildman–Crippen LogP) is 2.27. The number of rotatable bonds is 4. The molecule has 7 nitrogen and oxygen atoms in total. The van der Waals surface area contributed by atoms with Gasteiger partial charge in [-0.05, 0) is 35.4 Å². The highest BCUT2D eigenvalue weighted by atomic mass is 16.3. The Hall–Kier alpha value is -3.61. The van der Waals surface area contributed by atoms with Crippen LogP contribution in [0.3, 0.4) is 0 Å². The topological polar surface area (TPSA) is 127 Å². The van der Waals surface area contributed by atoms with Gasteiger partial charge in [-0.3, -0.25) is 4.79 Å². The summed E-state index contributed by atoms with van der Waals surface area (Å²) in [6.45, 7) is 0. The van der Waals surface area contributed by atoms with Crippen molar-refractivity contribution in [3.05, 3.63) is 60.3 Å². The lowest BCUT2D eigenvalue weighted by Gasteiger charge is -2.11. The Morgan fingerprint density at radius 1 is 1.08 bits per heavy atom. The van der Waals surface area contributed by atoms with Gasteiger partial charge in [0.05, 0.1) is 0 Å². The molecule has 7 heteroatoms. The lowest BCUT2D eigenvalue weighted by atomic mass is 10.0. The summed E-state index contributed by atoms with van der Waals surface area (Å²) >= 11 is 0. The van der Waals surface area contributed by atoms with E-state index in [9.17, 15) is 9.90 Å². The molecule has 0 aliphatic heterocycles. The maximum Gasteiger partial charge on any atom is 0.254 e. The molecule has 24 heavy (non-hydrogen) atoms. The first-order chi connectivity index (χ1) is 11.5. The molecule has 0 fully saturated rings. The summed E-state index contributed by atoms with van der Waals surface area (Å²) in [7, 11) is 0. The summed E-state index contributed by atoms with van der Waals surface area (Å²) in [6, 6.07) is 14.3. The molecule has 6 N–H and O–H groups in total. The standard InChI is InChI=1S/C17H15N5O2/c18-15(24)14-9-20-17(19)22-16(14)21-12-5-1-3-10(7-12)11-4-2-6-13(23)8-11/h1-9,23H,(H2,18,24)(H3,19,20,21,22). The summed E-state index contributed by atoms with van der Waals surface area (Å²) in [4.78, 5) is 19.3. The molecule has 0 spiro atoms. The minimum absolute atomic E-state index is 0.0339. The van der Waals surface area contributed by atoms with Crippen LogP contribution in [0.4, 0.5) is 17.5 Å². The zero-order valence-corrected chi connectivity index (χ0v) is 12.6. The molecule has 1 amide bonds. The van der Waals surface area contributed by atoms with Crippen molar-refractivity contribution in [2.75, 3.05) is 11.1 Å². The van der Waals surface area contributed by atoms with Gasteiger partial charge in [-0.2, -0.15) is 4.98 Å². The van der Waals surface area contributed by atoms with E-state index in [1.54, 1.807) is 18.2 Å². The van der Waals surface area contributed by atoms with Crippen LogP contribution in [-0.2, 0) is 0 Å². The predicted molar refractivity (Wildman–Crippen MR) is 91.8 cm³/mol. The van der Waals surface area contributed by atoms with Crippen molar-refractivity contribution in [3.63, 3.8) is 0 Å². The van der Waals surface area contributed by atoms with Crippen LogP contribution in [-0.4, -0.2) is 21.0 Å². The molecule has 0 unspecified atom stereocenters. The number of carbonyl (C=O) groups is 1. The van der Waals surface area contributed by atoms with Gasteiger partial charge in [-0.15, -0.1) is 0 Å². The number of hydrogen-bond donors (Lipinski definition) is 4. The molecule has 0 aliphatic carbocycles. The van der Waals surface area contributed by atoms with Gasteiger partial charge in [-0.1, -0.05) is 24.3 Å². The maximum atomic E-state index is 11.5. The second-order valence-corrected chi connectivity index (χ2v) is 5.11. The van der Waals surface area contributed by atoms with Crippen LogP contribution in [0, 0.1) is 0 Å². The number of anilines is 3. The quantitative estimate of drug-likeness (QED) is 0.584. The first-order valence-corrected chi connectivity index (χ1v) is 7.12. The fourth-order valence-corrected chi connectivity index (χ4v) is 2.27. The van der Waals surface area contributed by atoms with Crippen LogP contribution >= 0.6 is 0 Å². The molecule has 0 bridgehead atoms. The average molecular weight is 321 g/mol. The molecular formula is C17H15N5O2. The third-order valence-corrected chi connectivity index (χ3v) is 3.38. The number of primary amides is 1. The van der Waals surface area contributed by atoms with Gasteiger partial charge in [0.25, 0.3) is 5.91 Å². The smallest absolute Gasteiger partial charge is 0.254 e. The van der Waals surface area contributed by atoms with E-state index in [-0.39, 0.29) is 23.1 Å². The number of aromatic hydroxyl groups is 1. The number of nitrogens with one attached hydrogen (secondary N) is 1. The summed E-state index contributed by atoms with van der Waals surface area (Å²) < 4.78 is 0. The average Bonchev–Trinajstić information content (AvgIpc) is 2.55. The van der Waals surface area contributed by atoms with Crippen LogP contribution in [0.15, 0.2) is 54.7 Å². The summed E-state index contributed by atoms with van der Waals surface area (Å²) in [5.41, 5.74) is 13.5. The van der Waals surface area contributed by atoms with E-state index >= 15 is 0 Å². The SMILES string of the molecule is NC(=O)c1cnc(N)nc1Nc1cccc(-c2cccc(O)c2)c1. The van der Waals surface area contributed by atoms with Crippen LogP contribution in [0.25, 0.3) is 11.1 Å². The van der Waals surface area contributed by atoms with Gasteiger partial charge in [-0.25, -0.2) is 4.98 Å². The first-order valence-electron chi connectivity index (χ1n) is 7.12. The molecule has 2 aromatic carbocycles. The zero-order chi connectivity index (χ0) is 17.1. The summed E-state index contributed by atoms with van der Waals surface area (Å²) in [5.74, 6) is -0.193. The number of benzene rings is 2. The monoisotopic (exact) mass is 321 g/mol. The molecule has 3 aromatic rings.